The minimum absolute atomic E-state index is 0.0727. The Balaban J connectivity index is 1.73. The summed E-state index contributed by atoms with van der Waals surface area (Å²) in [6.45, 7) is 2.00. The highest BCUT2D eigenvalue weighted by atomic mass is 35.5. The Morgan fingerprint density at radius 3 is 2.70 bits per heavy atom. The van der Waals surface area contributed by atoms with E-state index in [1.807, 2.05) is 55.5 Å². The number of hydrogen-bond donors (Lipinski definition) is 1. The van der Waals surface area contributed by atoms with Crippen molar-refractivity contribution >= 4 is 40.1 Å². The molecule has 1 amide bonds. The average Bonchev–Trinajstić information content (AvgIpc) is 3.23. The van der Waals surface area contributed by atoms with E-state index in [0.29, 0.717) is 22.9 Å². The van der Waals surface area contributed by atoms with Gasteiger partial charge in [-0.2, -0.15) is 5.10 Å². The molecule has 7 nitrogen and oxygen atoms in total. The maximum absolute atomic E-state index is 13.1. The molecule has 170 valence electrons. The number of aryl methyl sites for hydroxylation is 1. The van der Waals surface area contributed by atoms with Crippen molar-refractivity contribution in [3.8, 4) is 5.75 Å². The van der Waals surface area contributed by atoms with Crippen LogP contribution in [0.4, 0.5) is 0 Å². The van der Waals surface area contributed by atoms with Crippen LogP contribution in [0.3, 0.4) is 0 Å². The first-order chi connectivity index (χ1) is 15.9. The number of carboxylic acids is 1. The van der Waals surface area contributed by atoms with Gasteiger partial charge >= 0.3 is 5.97 Å². The van der Waals surface area contributed by atoms with E-state index >= 15 is 0 Å². The van der Waals surface area contributed by atoms with Gasteiger partial charge in [-0.15, -0.1) is 0 Å². The van der Waals surface area contributed by atoms with Gasteiger partial charge < -0.3 is 9.84 Å². The number of aromatic nitrogens is 1. The van der Waals surface area contributed by atoms with Crippen LogP contribution in [0.1, 0.15) is 48.4 Å². The van der Waals surface area contributed by atoms with Crippen LogP contribution >= 0.6 is 11.6 Å². The van der Waals surface area contributed by atoms with Gasteiger partial charge in [0.2, 0.25) is 5.91 Å². The van der Waals surface area contributed by atoms with Crippen LogP contribution in [0.15, 0.2) is 53.6 Å². The summed E-state index contributed by atoms with van der Waals surface area (Å²) in [6, 6.07) is 14.9. The Kier molecular flexibility index (Phi) is 6.60. The molecule has 1 aliphatic rings. The Bertz CT molecular complexity index is 1260. The van der Waals surface area contributed by atoms with Gasteiger partial charge in [0.15, 0.2) is 0 Å². The number of carbonyl (C=O) groups excluding carboxylic acids is 1. The van der Waals surface area contributed by atoms with Crippen LogP contribution in [-0.4, -0.2) is 39.8 Å². The van der Waals surface area contributed by atoms with Crippen molar-refractivity contribution in [1.82, 2.24) is 9.99 Å². The zero-order valence-electron chi connectivity index (χ0n) is 18.4. The number of hydrogen-bond acceptors (Lipinski definition) is 5. The molecule has 4 rings (SSSR count). The fourth-order valence-electron chi connectivity index (χ4n) is 4.06. The first-order valence-corrected chi connectivity index (χ1v) is 11.1. The number of fused-ring (bicyclic) bond motifs is 1. The highest BCUT2D eigenvalue weighted by Crippen LogP contribution is 2.38. The van der Waals surface area contributed by atoms with E-state index in [4.69, 9.17) is 21.4 Å². The molecule has 0 saturated heterocycles. The van der Waals surface area contributed by atoms with Gasteiger partial charge in [-0.3, -0.25) is 9.59 Å². The fraction of sp³-hybridized carbons (Fsp3) is 0.280. The number of amides is 1. The number of carbonyl (C=O) groups is 2. The van der Waals surface area contributed by atoms with E-state index in [2.05, 4.69) is 10.1 Å². The molecule has 0 radical (unpaired) electrons. The minimum atomic E-state index is -0.930. The average molecular weight is 466 g/mol. The van der Waals surface area contributed by atoms with Crippen molar-refractivity contribution in [2.75, 3.05) is 7.11 Å². The molecule has 0 spiro atoms. The molecule has 1 unspecified atom stereocenters. The third-order valence-electron chi connectivity index (χ3n) is 5.76. The van der Waals surface area contributed by atoms with Crippen LogP contribution in [0.2, 0.25) is 5.15 Å². The molecule has 1 aromatic heterocycles. The molecule has 1 aliphatic heterocycles. The Hall–Kier alpha value is -3.45. The fourth-order valence-corrected chi connectivity index (χ4v) is 4.33. The first-order valence-electron chi connectivity index (χ1n) is 10.7. The van der Waals surface area contributed by atoms with E-state index < -0.39 is 12.0 Å². The Morgan fingerprint density at radius 1 is 1.18 bits per heavy atom. The van der Waals surface area contributed by atoms with E-state index in [-0.39, 0.29) is 25.2 Å². The van der Waals surface area contributed by atoms with E-state index in [9.17, 15) is 9.59 Å². The molecule has 1 N–H and O–H groups in total. The number of pyridine rings is 1. The van der Waals surface area contributed by atoms with Crippen LogP contribution in [0, 0.1) is 6.92 Å². The monoisotopic (exact) mass is 465 g/mol. The molecule has 2 heterocycles. The number of halogens is 1. The summed E-state index contributed by atoms with van der Waals surface area (Å²) in [4.78, 5) is 28.5. The molecular formula is C25H24ClN3O4. The standard InChI is InChI=1S/C25H24ClN3O4/c1-15-6-3-4-7-18(15)21-14-22(29(28-21)23(30)8-5-9-24(31)32)19-13-16-12-17(33-2)10-11-20(16)27-25(19)26/h3-4,6-7,10-13,22H,5,8-9,14H2,1-2H3,(H,31,32). The second kappa shape index (κ2) is 9.58. The lowest BCUT2D eigenvalue weighted by atomic mass is 9.96. The van der Waals surface area contributed by atoms with E-state index in [0.717, 1.165) is 27.7 Å². The molecule has 0 aliphatic carbocycles. The predicted molar refractivity (Wildman–Crippen MR) is 127 cm³/mol. The number of carboxylic acid groups (broad SMARTS) is 1. The summed E-state index contributed by atoms with van der Waals surface area (Å²) < 4.78 is 5.33. The van der Waals surface area contributed by atoms with Gasteiger partial charge in [0, 0.05) is 35.8 Å². The molecule has 33 heavy (non-hydrogen) atoms. The number of ether oxygens (including phenoxy) is 1. The third-order valence-corrected chi connectivity index (χ3v) is 6.07. The van der Waals surface area contributed by atoms with Crippen molar-refractivity contribution in [1.29, 1.82) is 0 Å². The maximum Gasteiger partial charge on any atom is 0.303 e. The van der Waals surface area contributed by atoms with Crippen LogP contribution in [0.25, 0.3) is 10.9 Å². The molecule has 8 heteroatoms. The van der Waals surface area contributed by atoms with Gasteiger partial charge in [-0.1, -0.05) is 35.9 Å². The predicted octanol–water partition coefficient (Wildman–Crippen LogP) is 5.14. The minimum Gasteiger partial charge on any atom is -0.497 e. The molecular weight excluding hydrogens is 442 g/mol. The largest absolute Gasteiger partial charge is 0.497 e. The Labute approximate surface area is 196 Å². The highest BCUT2D eigenvalue weighted by Gasteiger charge is 2.35. The highest BCUT2D eigenvalue weighted by molar-refractivity contribution is 6.30. The smallest absolute Gasteiger partial charge is 0.303 e. The number of hydrazone groups is 1. The maximum atomic E-state index is 13.1. The quantitative estimate of drug-likeness (QED) is 0.488. The van der Waals surface area contributed by atoms with Gasteiger partial charge in [0.25, 0.3) is 0 Å². The van der Waals surface area contributed by atoms with Gasteiger partial charge in [-0.05, 0) is 43.2 Å². The molecule has 0 bridgehead atoms. The van der Waals surface area contributed by atoms with Crippen LogP contribution in [-0.2, 0) is 9.59 Å². The van der Waals surface area contributed by atoms with Crippen molar-refractivity contribution < 1.29 is 19.4 Å². The van der Waals surface area contributed by atoms with Gasteiger partial charge in [0.05, 0.1) is 24.4 Å². The summed E-state index contributed by atoms with van der Waals surface area (Å²) in [5, 5.41) is 16.2. The van der Waals surface area contributed by atoms with E-state index in [1.165, 1.54) is 5.01 Å². The van der Waals surface area contributed by atoms with Crippen molar-refractivity contribution in [3.63, 3.8) is 0 Å². The zero-order chi connectivity index (χ0) is 23.5. The lowest BCUT2D eigenvalue weighted by Gasteiger charge is -2.23. The number of rotatable bonds is 7. The number of benzene rings is 2. The van der Waals surface area contributed by atoms with Crippen molar-refractivity contribution in [2.24, 2.45) is 5.10 Å². The topological polar surface area (TPSA) is 92.1 Å². The molecule has 0 fully saturated rings. The summed E-state index contributed by atoms with van der Waals surface area (Å²) in [6.07, 6.45) is 0.733. The summed E-state index contributed by atoms with van der Waals surface area (Å²) in [5.41, 5.74) is 4.22. The number of aliphatic carboxylic acids is 1. The van der Waals surface area contributed by atoms with E-state index in [1.54, 1.807) is 7.11 Å². The summed E-state index contributed by atoms with van der Waals surface area (Å²) in [7, 11) is 1.60. The third kappa shape index (κ3) is 4.83. The summed E-state index contributed by atoms with van der Waals surface area (Å²) in [5.74, 6) is -0.477. The zero-order valence-corrected chi connectivity index (χ0v) is 19.2. The number of nitrogens with zero attached hydrogens (tertiary/aromatic N) is 3. The lowest BCUT2D eigenvalue weighted by Crippen LogP contribution is -2.27. The second-order valence-corrected chi connectivity index (χ2v) is 8.35. The van der Waals surface area contributed by atoms with Crippen LogP contribution in [0.5, 0.6) is 5.75 Å². The van der Waals surface area contributed by atoms with Gasteiger partial charge in [0.1, 0.15) is 10.9 Å². The SMILES string of the molecule is COc1ccc2nc(Cl)c(C3CC(c4ccccc4C)=NN3C(=O)CCCC(=O)O)cc2c1. The molecule has 2 aromatic carbocycles. The first kappa shape index (κ1) is 22.7. The van der Waals surface area contributed by atoms with Crippen molar-refractivity contribution in [2.45, 2.75) is 38.6 Å². The second-order valence-electron chi connectivity index (χ2n) is 7.99. The molecule has 3 aromatic rings. The molecule has 0 saturated carbocycles. The van der Waals surface area contributed by atoms with Crippen LogP contribution < -0.4 is 4.74 Å². The van der Waals surface area contributed by atoms with Gasteiger partial charge in [-0.25, -0.2) is 9.99 Å². The Morgan fingerprint density at radius 2 is 1.97 bits per heavy atom. The summed E-state index contributed by atoms with van der Waals surface area (Å²) >= 11 is 6.59. The number of methoxy groups -OCH3 is 1. The van der Waals surface area contributed by atoms with Crippen molar-refractivity contribution in [3.05, 3.63) is 70.4 Å². The normalized spacial score (nSPS) is 15.5. The lowest BCUT2D eigenvalue weighted by molar-refractivity contribution is -0.137. The molecule has 1 atom stereocenters.